The Morgan fingerprint density at radius 1 is 1.38 bits per heavy atom. The maximum Gasteiger partial charge on any atom is 0.339 e. The molecule has 0 saturated heterocycles. The Kier molecular flexibility index (Phi) is 5.87. The van der Waals surface area contributed by atoms with E-state index in [1.165, 1.54) is 6.07 Å². The number of nitrogens with one attached hydrogen (secondary N) is 1. The summed E-state index contributed by atoms with van der Waals surface area (Å²) in [5.41, 5.74) is 0.00544. The lowest BCUT2D eigenvalue weighted by Crippen LogP contribution is -2.33. The van der Waals surface area contributed by atoms with Crippen molar-refractivity contribution in [2.24, 2.45) is 0 Å². The molecule has 2 N–H and O–H groups in total. The molecule has 0 fully saturated rings. The number of hydrogen-bond acceptors (Lipinski definition) is 4. The predicted molar refractivity (Wildman–Crippen MR) is 88.9 cm³/mol. The first-order valence-corrected chi connectivity index (χ1v) is 7.85. The van der Waals surface area contributed by atoms with E-state index in [0.29, 0.717) is 17.2 Å². The van der Waals surface area contributed by atoms with Crippen molar-refractivity contribution in [3.05, 3.63) is 52.4 Å². The number of rotatable bonds is 7. The minimum atomic E-state index is -1.12. The van der Waals surface area contributed by atoms with Gasteiger partial charge in [0, 0.05) is 17.5 Å². The molecule has 24 heavy (non-hydrogen) atoms. The zero-order valence-corrected chi connectivity index (χ0v) is 14.1. The number of aryl methyl sites for hydroxylation is 1. The van der Waals surface area contributed by atoms with Crippen LogP contribution in [0.25, 0.3) is 0 Å². The van der Waals surface area contributed by atoms with Gasteiger partial charge in [-0.05, 0) is 25.1 Å². The highest BCUT2D eigenvalue weighted by Crippen LogP contribution is 2.19. The van der Waals surface area contributed by atoms with Crippen molar-refractivity contribution >= 4 is 23.5 Å². The minimum Gasteiger partial charge on any atom is -0.489 e. The Hall–Kier alpha value is -2.47. The van der Waals surface area contributed by atoms with Crippen molar-refractivity contribution in [2.45, 2.75) is 26.4 Å². The lowest BCUT2D eigenvalue weighted by molar-refractivity contribution is 0.0694. The first kappa shape index (κ1) is 17.9. The average Bonchev–Trinajstić information content (AvgIpc) is 2.97. The van der Waals surface area contributed by atoms with Crippen LogP contribution in [-0.4, -0.2) is 29.6 Å². The number of amides is 1. The van der Waals surface area contributed by atoms with Crippen LogP contribution in [0.1, 0.15) is 40.5 Å². The van der Waals surface area contributed by atoms with Gasteiger partial charge in [0.1, 0.15) is 23.2 Å². The monoisotopic (exact) mass is 351 g/mol. The molecule has 0 aliphatic rings. The van der Waals surface area contributed by atoms with Gasteiger partial charge in [-0.15, -0.1) is 0 Å². The highest BCUT2D eigenvalue weighted by atomic mass is 35.5. The van der Waals surface area contributed by atoms with Crippen molar-refractivity contribution in [3.63, 3.8) is 0 Å². The number of hydrogen-bond donors (Lipinski definition) is 2. The van der Waals surface area contributed by atoms with Gasteiger partial charge < -0.3 is 19.6 Å². The summed E-state index contributed by atoms with van der Waals surface area (Å²) < 4.78 is 10.9. The third-order valence-electron chi connectivity index (χ3n) is 3.27. The average molecular weight is 352 g/mol. The fraction of sp³-hybridized carbons (Fsp3) is 0.294. The molecule has 1 aromatic carbocycles. The Balaban J connectivity index is 1.94. The van der Waals surface area contributed by atoms with Crippen LogP contribution < -0.4 is 10.1 Å². The van der Waals surface area contributed by atoms with Gasteiger partial charge in [-0.3, -0.25) is 4.79 Å². The summed E-state index contributed by atoms with van der Waals surface area (Å²) >= 11 is 5.88. The van der Waals surface area contributed by atoms with Crippen LogP contribution >= 0.6 is 11.6 Å². The number of carbonyl (C=O) groups is 2. The molecule has 1 unspecified atom stereocenters. The van der Waals surface area contributed by atoms with E-state index in [1.54, 1.807) is 38.1 Å². The number of furan rings is 1. The summed E-state index contributed by atoms with van der Waals surface area (Å²) in [6.07, 6.45) is 0.0930. The van der Waals surface area contributed by atoms with Gasteiger partial charge in [-0.25, -0.2) is 4.79 Å². The van der Waals surface area contributed by atoms with Crippen LogP contribution in [0.3, 0.4) is 0 Å². The first-order chi connectivity index (χ1) is 11.4. The van der Waals surface area contributed by atoms with E-state index in [2.05, 4.69) is 5.32 Å². The maximum absolute atomic E-state index is 12.1. The van der Waals surface area contributed by atoms with Gasteiger partial charge in [0.15, 0.2) is 5.76 Å². The smallest absolute Gasteiger partial charge is 0.339 e. The molecule has 2 rings (SSSR count). The van der Waals surface area contributed by atoms with Crippen LogP contribution in [0.2, 0.25) is 5.02 Å². The number of aromatic carboxylic acids is 1. The zero-order chi connectivity index (χ0) is 17.7. The van der Waals surface area contributed by atoms with Gasteiger partial charge in [0.25, 0.3) is 5.91 Å². The largest absolute Gasteiger partial charge is 0.489 e. The predicted octanol–water partition coefficient (Wildman–Crippen LogP) is 3.39. The summed E-state index contributed by atoms with van der Waals surface area (Å²) in [5.74, 6) is -0.759. The number of halogens is 1. The summed E-state index contributed by atoms with van der Waals surface area (Å²) in [4.78, 5) is 23.2. The van der Waals surface area contributed by atoms with Crippen LogP contribution in [0.5, 0.6) is 5.75 Å². The van der Waals surface area contributed by atoms with Crippen LogP contribution in [0, 0.1) is 0 Å². The minimum absolute atomic E-state index is 0.00544. The van der Waals surface area contributed by atoms with Crippen LogP contribution in [0.15, 0.2) is 34.7 Å². The van der Waals surface area contributed by atoms with Gasteiger partial charge >= 0.3 is 5.97 Å². The summed E-state index contributed by atoms with van der Waals surface area (Å²) in [6.45, 7) is 3.78. The second-order valence-corrected chi connectivity index (χ2v) is 5.64. The van der Waals surface area contributed by atoms with Crippen LogP contribution in [-0.2, 0) is 6.42 Å². The topological polar surface area (TPSA) is 88.8 Å². The van der Waals surface area contributed by atoms with Crippen molar-refractivity contribution in [1.82, 2.24) is 5.32 Å². The number of ether oxygens (including phenoxy) is 1. The Bertz CT molecular complexity index is 740. The molecule has 6 nitrogen and oxygen atoms in total. The summed E-state index contributed by atoms with van der Waals surface area (Å²) in [6, 6.07) is 8.19. The van der Waals surface area contributed by atoms with Gasteiger partial charge in [0.05, 0.1) is 6.54 Å². The third-order valence-corrected chi connectivity index (χ3v) is 3.50. The van der Waals surface area contributed by atoms with E-state index in [4.69, 9.17) is 25.9 Å². The molecule has 7 heteroatoms. The molecule has 128 valence electrons. The fourth-order valence-electron chi connectivity index (χ4n) is 2.12. The van der Waals surface area contributed by atoms with E-state index < -0.39 is 11.9 Å². The fourth-order valence-corrected chi connectivity index (χ4v) is 2.30. The van der Waals surface area contributed by atoms with Crippen molar-refractivity contribution in [2.75, 3.05) is 6.54 Å². The number of carbonyl (C=O) groups excluding carboxylic acids is 1. The number of carboxylic acid groups (broad SMARTS) is 1. The molecular weight excluding hydrogens is 334 g/mol. The summed E-state index contributed by atoms with van der Waals surface area (Å²) in [5, 5.41) is 12.3. The second kappa shape index (κ2) is 7.88. The van der Waals surface area contributed by atoms with E-state index in [1.807, 2.05) is 0 Å². The molecule has 0 aliphatic carbocycles. The quantitative estimate of drug-likeness (QED) is 0.798. The SMILES string of the molecule is CCc1oc(C(=O)NCC(C)Oc2cccc(Cl)c2)cc1C(=O)O. The molecule has 0 bridgehead atoms. The number of benzene rings is 1. The molecule has 1 aromatic heterocycles. The molecular formula is C17H18ClNO5. The lowest BCUT2D eigenvalue weighted by Gasteiger charge is -2.15. The van der Waals surface area contributed by atoms with Crippen LogP contribution in [0.4, 0.5) is 0 Å². The molecule has 1 atom stereocenters. The van der Waals surface area contributed by atoms with E-state index in [9.17, 15) is 9.59 Å². The molecule has 2 aromatic rings. The third kappa shape index (κ3) is 4.52. The summed E-state index contributed by atoms with van der Waals surface area (Å²) in [7, 11) is 0. The maximum atomic E-state index is 12.1. The first-order valence-electron chi connectivity index (χ1n) is 7.47. The molecule has 0 radical (unpaired) electrons. The molecule has 0 spiro atoms. The molecule has 0 aliphatic heterocycles. The standard InChI is InChI=1S/C17H18ClNO5/c1-3-14-13(17(21)22)8-15(24-14)16(20)19-9-10(2)23-12-6-4-5-11(18)7-12/h4-8,10H,3,9H2,1-2H3,(H,19,20)(H,21,22). The normalized spacial score (nSPS) is 11.8. The molecule has 1 amide bonds. The number of carboxylic acids is 1. The highest BCUT2D eigenvalue weighted by molar-refractivity contribution is 6.30. The highest BCUT2D eigenvalue weighted by Gasteiger charge is 2.20. The van der Waals surface area contributed by atoms with Crippen molar-refractivity contribution in [3.8, 4) is 5.75 Å². The lowest BCUT2D eigenvalue weighted by atomic mass is 10.2. The van der Waals surface area contributed by atoms with Gasteiger partial charge in [0.2, 0.25) is 0 Å². The Morgan fingerprint density at radius 2 is 2.12 bits per heavy atom. The zero-order valence-electron chi connectivity index (χ0n) is 13.3. The van der Waals surface area contributed by atoms with Crippen molar-refractivity contribution < 1.29 is 23.8 Å². The van der Waals surface area contributed by atoms with Gasteiger partial charge in [-0.2, -0.15) is 0 Å². The molecule has 1 heterocycles. The molecule has 0 saturated carbocycles. The second-order valence-electron chi connectivity index (χ2n) is 5.20. The van der Waals surface area contributed by atoms with Gasteiger partial charge in [-0.1, -0.05) is 24.6 Å². The Labute approximate surface area is 144 Å². The van der Waals surface area contributed by atoms with E-state index in [0.717, 1.165) is 0 Å². The van der Waals surface area contributed by atoms with E-state index >= 15 is 0 Å². The van der Waals surface area contributed by atoms with E-state index in [-0.39, 0.29) is 29.7 Å². The Morgan fingerprint density at radius 3 is 2.71 bits per heavy atom. The van der Waals surface area contributed by atoms with Crippen molar-refractivity contribution in [1.29, 1.82) is 0 Å².